The van der Waals surface area contributed by atoms with Crippen LogP contribution in [0.15, 0.2) is 60.8 Å². The van der Waals surface area contributed by atoms with Gasteiger partial charge in [0.2, 0.25) is 0 Å². The number of fused-ring (bicyclic) bond motifs is 3. The smallest absolute Gasteiger partial charge is 0.330 e. The van der Waals surface area contributed by atoms with E-state index < -0.39 is 97.3 Å². The zero-order chi connectivity index (χ0) is 34.3. The number of aliphatic hydroxyl groups excluding tert-OH is 4. The number of carbonyl (C=O) groups excluding carboxylic acids is 1. The molecule has 0 saturated carbocycles. The summed E-state index contributed by atoms with van der Waals surface area (Å²) in [5.74, 6) is -5.45. The Hall–Kier alpha value is -2.27. The maximum Gasteiger partial charge on any atom is 0.330 e. The second-order valence-electron chi connectivity index (χ2n) is 12.6. The Bertz CT molecular complexity index is 1230. The summed E-state index contributed by atoms with van der Waals surface area (Å²) in [6.45, 7) is 3.34. The molecule has 0 spiro atoms. The molecular formula is C33H47NNiO13. The summed E-state index contributed by atoms with van der Waals surface area (Å²) in [6.07, 6.45) is 5.25. The van der Waals surface area contributed by atoms with Crippen LogP contribution in [-0.2, 0) is 49.8 Å². The summed E-state index contributed by atoms with van der Waals surface area (Å²) < 4.78 is 28.5. The van der Waals surface area contributed by atoms with Crippen molar-refractivity contribution in [3.05, 3.63) is 60.8 Å². The molecule has 0 aromatic rings. The fraction of sp³-hybridized carbons (Fsp3) is 0.636. The number of esters is 1. The normalized spacial score (nSPS) is 46.2. The minimum absolute atomic E-state index is 0. The second-order valence-corrected chi connectivity index (χ2v) is 12.6. The molecule has 4 heterocycles. The Kier molecular flexibility index (Phi) is 15.2. The van der Waals surface area contributed by atoms with Gasteiger partial charge in [0.1, 0.15) is 24.2 Å². The molecule has 8 N–H and O–H groups in total. The molecule has 0 amide bonds. The Morgan fingerprint density at radius 2 is 1.62 bits per heavy atom. The fourth-order valence-corrected chi connectivity index (χ4v) is 6.00. The number of rotatable bonds is 3. The number of hydrogen-bond acceptors (Lipinski definition) is 13. The number of carbonyl (C=O) groups is 2. The van der Waals surface area contributed by atoms with E-state index in [9.17, 15) is 40.2 Å². The van der Waals surface area contributed by atoms with Crippen LogP contribution in [0.1, 0.15) is 46.0 Å². The molecule has 3 saturated heterocycles. The summed E-state index contributed by atoms with van der Waals surface area (Å²) in [7, 11) is 0. The average Bonchev–Trinajstić information content (AvgIpc) is 3.72. The van der Waals surface area contributed by atoms with Gasteiger partial charge >= 0.3 is 11.9 Å². The van der Waals surface area contributed by atoms with Crippen molar-refractivity contribution in [3.63, 3.8) is 0 Å². The number of carboxylic acid groups (broad SMARTS) is 1. The van der Waals surface area contributed by atoms with Gasteiger partial charge in [-0.2, -0.15) is 0 Å². The summed E-state index contributed by atoms with van der Waals surface area (Å²) in [5.41, 5.74) is 5.98. The van der Waals surface area contributed by atoms with Gasteiger partial charge in [0, 0.05) is 54.7 Å². The van der Waals surface area contributed by atoms with Crippen molar-refractivity contribution in [1.29, 1.82) is 0 Å². The van der Waals surface area contributed by atoms with Crippen molar-refractivity contribution in [1.82, 2.24) is 0 Å². The van der Waals surface area contributed by atoms with Gasteiger partial charge in [-0.25, -0.2) is 4.79 Å². The summed E-state index contributed by atoms with van der Waals surface area (Å²) in [5, 5.41) is 63.9. The molecule has 0 aliphatic carbocycles. The number of aliphatic hydroxyl groups is 5. The van der Waals surface area contributed by atoms with Crippen LogP contribution in [-0.4, -0.2) is 122 Å². The Morgan fingerprint density at radius 1 is 0.938 bits per heavy atom. The SMILES string of the molecule is C[C@@H]1C/C=C/C=C/C=C/C=C/[C@H](O[C@@H]2O[C@H](C)[C@@H](O)[C@H](N)[C@@H]2O)C[C@@H]2O[C@](O)(C[C@@H](O)C[C@H]3O[C@@H]3/C=C/C(=O)O1)C[C@H](O)[C@H]2C(=O)O.[Ni]. The number of ether oxygens (including phenoxy) is 5. The number of epoxide rings is 1. The first-order valence-electron chi connectivity index (χ1n) is 15.9. The number of nitrogens with two attached hydrogens (primary N) is 1. The van der Waals surface area contributed by atoms with Gasteiger partial charge in [0.25, 0.3) is 0 Å². The molecule has 0 unspecified atom stereocenters. The third kappa shape index (κ3) is 11.4. The van der Waals surface area contributed by atoms with Gasteiger partial charge in [0.15, 0.2) is 12.1 Å². The molecule has 3 fully saturated rings. The number of cyclic esters (lactones) is 1. The van der Waals surface area contributed by atoms with Gasteiger partial charge < -0.3 is 60.1 Å². The molecule has 4 rings (SSSR count). The van der Waals surface area contributed by atoms with E-state index in [-0.39, 0.29) is 41.9 Å². The third-order valence-corrected chi connectivity index (χ3v) is 8.58. The molecule has 48 heavy (non-hydrogen) atoms. The molecule has 0 radical (unpaired) electrons. The number of carboxylic acids is 1. The topological polar surface area (TPSA) is 231 Å². The first kappa shape index (κ1) is 40.2. The van der Waals surface area contributed by atoms with Gasteiger partial charge in [-0.05, 0) is 19.9 Å². The van der Waals surface area contributed by atoms with Crippen molar-refractivity contribution in [2.45, 2.75) is 125 Å². The summed E-state index contributed by atoms with van der Waals surface area (Å²) in [4.78, 5) is 24.4. The molecule has 4 aliphatic heterocycles. The van der Waals surface area contributed by atoms with E-state index >= 15 is 0 Å². The number of hydrogen-bond donors (Lipinski definition) is 7. The molecule has 14 atom stereocenters. The molecule has 0 aromatic carbocycles. The van der Waals surface area contributed by atoms with E-state index in [0.29, 0.717) is 6.42 Å². The maximum absolute atomic E-state index is 12.3. The minimum atomic E-state index is -2.10. The van der Waals surface area contributed by atoms with Crippen LogP contribution in [0.5, 0.6) is 0 Å². The van der Waals surface area contributed by atoms with E-state index in [1.165, 1.54) is 12.2 Å². The van der Waals surface area contributed by atoms with Crippen LogP contribution in [0.2, 0.25) is 0 Å². The van der Waals surface area contributed by atoms with E-state index in [4.69, 9.17) is 29.4 Å². The van der Waals surface area contributed by atoms with Crippen LogP contribution in [0.25, 0.3) is 0 Å². The van der Waals surface area contributed by atoms with Gasteiger partial charge in [0.05, 0.1) is 48.8 Å². The summed E-state index contributed by atoms with van der Waals surface area (Å²) >= 11 is 0. The predicted molar refractivity (Wildman–Crippen MR) is 165 cm³/mol. The van der Waals surface area contributed by atoms with Crippen molar-refractivity contribution in [3.8, 4) is 0 Å². The monoisotopic (exact) mass is 723 g/mol. The maximum atomic E-state index is 12.3. The number of aliphatic carboxylic acids is 1. The first-order valence-corrected chi connectivity index (χ1v) is 15.9. The van der Waals surface area contributed by atoms with Crippen molar-refractivity contribution < 1.29 is 80.4 Å². The van der Waals surface area contributed by atoms with E-state index in [1.807, 2.05) is 6.08 Å². The Balaban J connectivity index is 0.00000625. The van der Waals surface area contributed by atoms with E-state index in [1.54, 1.807) is 56.4 Å². The van der Waals surface area contributed by atoms with E-state index in [2.05, 4.69) is 0 Å². The third-order valence-electron chi connectivity index (χ3n) is 8.58. The predicted octanol–water partition coefficient (Wildman–Crippen LogP) is 0.117. The van der Waals surface area contributed by atoms with Crippen LogP contribution in [0, 0.1) is 5.92 Å². The van der Waals surface area contributed by atoms with Crippen LogP contribution >= 0.6 is 0 Å². The molecule has 4 aliphatic rings. The molecular weight excluding hydrogens is 677 g/mol. The molecule has 15 heteroatoms. The van der Waals surface area contributed by atoms with Crippen LogP contribution < -0.4 is 5.73 Å². The van der Waals surface area contributed by atoms with Crippen molar-refractivity contribution in [2.75, 3.05) is 0 Å². The van der Waals surface area contributed by atoms with Gasteiger partial charge in [-0.3, -0.25) is 4.79 Å². The van der Waals surface area contributed by atoms with Gasteiger partial charge in [-0.1, -0.05) is 48.6 Å². The standard InChI is InChI=1S/C33H47NO13.Ni/c1-18-10-8-6-4-3-5-7-9-11-21(45-32-30(39)28(34)29(38)19(2)44-32)15-25-27(31(40)41)22(36)17-33(42,47-25)16-20(35)14-24-23(46-24)12-13-26(37)43-18;/h3-9,11-13,18-25,27-30,32,35-36,38-39,42H,10,14-17,34H2,1-2H3,(H,40,41);/b4-3+,7-5+,8-6+,11-9+,13-12+;/t18-,19-,20+,21+,22+,23-,24-,25+,27-,28+,29-,30+,32+,33-;/m1./s1. The van der Waals surface area contributed by atoms with Crippen LogP contribution in [0.4, 0.5) is 0 Å². The number of allylic oxidation sites excluding steroid dienone is 6. The fourth-order valence-electron chi connectivity index (χ4n) is 6.00. The minimum Gasteiger partial charge on any atom is -0.481 e. The molecule has 14 nitrogen and oxygen atoms in total. The zero-order valence-corrected chi connectivity index (χ0v) is 27.7. The van der Waals surface area contributed by atoms with Crippen molar-refractivity contribution >= 4 is 11.9 Å². The van der Waals surface area contributed by atoms with Gasteiger partial charge in [-0.15, -0.1) is 0 Å². The summed E-state index contributed by atoms with van der Waals surface area (Å²) in [6, 6.07) is -1.08. The Morgan fingerprint density at radius 3 is 2.33 bits per heavy atom. The largest absolute Gasteiger partial charge is 0.481 e. The molecule has 272 valence electrons. The quantitative estimate of drug-likeness (QED) is 0.117. The second kappa shape index (κ2) is 18.1. The molecule has 0 aromatic heterocycles. The molecule has 2 bridgehead atoms. The first-order chi connectivity index (χ1) is 22.3. The van der Waals surface area contributed by atoms with Crippen molar-refractivity contribution in [2.24, 2.45) is 11.7 Å². The zero-order valence-electron chi connectivity index (χ0n) is 26.7. The van der Waals surface area contributed by atoms with E-state index in [0.717, 1.165) is 0 Å². The van der Waals surface area contributed by atoms with Crippen LogP contribution in [0.3, 0.4) is 0 Å². The Labute approximate surface area is 289 Å². The average molecular weight is 724 g/mol.